The Kier molecular flexibility index (Phi) is 6.70. The van der Waals surface area contributed by atoms with E-state index in [2.05, 4.69) is 0 Å². The number of carbonyl (C=O) groups is 3. The SMILES string of the molecule is CN1CC(=O)N(Cc2cccc(C(=O)N3[C@@H]4CC[C@H]3C[C@@H]([C@H](N)Cc3cc(F)c(F)cc3F)C4)c2)C1=O. The first-order chi connectivity index (χ1) is 17.6. The second-order valence-electron chi connectivity index (χ2n) is 10.4. The summed E-state index contributed by atoms with van der Waals surface area (Å²) in [5, 5.41) is 0. The van der Waals surface area contributed by atoms with E-state index in [9.17, 15) is 27.6 Å². The fourth-order valence-electron chi connectivity index (χ4n) is 6.00. The van der Waals surface area contributed by atoms with E-state index >= 15 is 0 Å². The van der Waals surface area contributed by atoms with Crippen LogP contribution in [0.5, 0.6) is 0 Å². The molecule has 3 heterocycles. The molecule has 3 saturated heterocycles. The molecule has 0 radical (unpaired) electrons. The lowest BCUT2D eigenvalue weighted by molar-refractivity contribution is -0.125. The third-order valence-electron chi connectivity index (χ3n) is 7.90. The van der Waals surface area contributed by atoms with Crippen molar-refractivity contribution in [2.45, 2.75) is 56.8 Å². The molecule has 0 saturated carbocycles. The van der Waals surface area contributed by atoms with Crippen molar-refractivity contribution in [3.63, 3.8) is 0 Å². The Bertz CT molecular complexity index is 1240. The number of urea groups is 1. The molecule has 0 aromatic heterocycles. The molecule has 0 aliphatic carbocycles. The Morgan fingerprint density at radius 2 is 1.70 bits per heavy atom. The van der Waals surface area contributed by atoms with Crippen molar-refractivity contribution in [1.82, 2.24) is 14.7 Å². The van der Waals surface area contributed by atoms with Crippen molar-refractivity contribution in [3.05, 3.63) is 70.5 Å². The lowest BCUT2D eigenvalue weighted by Crippen LogP contribution is -2.50. The van der Waals surface area contributed by atoms with Gasteiger partial charge in [-0.15, -0.1) is 0 Å². The molecule has 2 N–H and O–H groups in total. The zero-order chi connectivity index (χ0) is 26.4. The Balaban J connectivity index is 1.26. The van der Waals surface area contributed by atoms with Crippen LogP contribution in [0.2, 0.25) is 0 Å². The molecule has 3 aliphatic heterocycles. The minimum Gasteiger partial charge on any atom is -0.333 e. The molecule has 10 heteroatoms. The topological polar surface area (TPSA) is 87.0 Å². The van der Waals surface area contributed by atoms with E-state index in [1.165, 1.54) is 9.80 Å². The van der Waals surface area contributed by atoms with Gasteiger partial charge in [-0.2, -0.15) is 0 Å². The number of amides is 4. The number of rotatable bonds is 6. The van der Waals surface area contributed by atoms with Crippen LogP contribution in [0.4, 0.5) is 18.0 Å². The zero-order valence-corrected chi connectivity index (χ0v) is 20.5. The minimum absolute atomic E-state index is 0.0175. The van der Waals surface area contributed by atoms with Crippen molar-refractivity contribution in [2.75, 3.05) is 13.6 Å². The number of hydrogen-bond acceptors (Lipinski definition) is 4. The summed E-state index contributed by atoms with van der Waals surface area (Å²) >= 11 is 0. The summed E-state index contributed by atoms with van der Waals surface area (Å²) in [5.74, 6) is -3.50. The maximum Gasteiger partial charge on any atom is 0.327 e. The molecule has 3 fully saturated rings. The lowest BCUT2D eigenvalue weighted by Gasteiger charge is -2.41. The van der Waals surface area contributed by atoms with Gasteiger partial charge in [0.1, 0.15) is 12.4 Å². The van der Waals surface area contributed by atoms with Gasteiger partial charge in [-0.3, -0.25) is 14.5 Å². The van der Waals surface area contributed by atoms with Crippen LogP contribution in [0, 0.1) is 23.4 Å². The fourth-order valence-corrected chi connectivity index (χ4v) is 6.00. The average Bonchev–Trinajstić information content (AvgIpc) is 3.26. The van der Waals surface area contributed by atoms with Crippen LogP contribution in [0.15, 0.2) is 36.4 Å². The smallest absolute Gasteiger partial charge is 0.327 e. The minimum atomic E-state index is -1.23. The molecule has 3 aliphatic rings. The third kappa shape index (κ3) is 4.82. The van der Waals surface area contributed by atoms with E-state index in [1.54, 1.807) is 31.3 Å². The van der Waals surface area contributed by atoms with E-state index in [0.717, 1.165) is 18.9 Å². The molecule has 0 unspecified atom stereocenters. The Labute approximate surface area is 213 Å². The largest absolute Gasteiger partial charge is 0.333 e. The molecule has 5 rings (SSSR count). The van der Waals surface area contributed by atoms with E-state index in [0.29, 0.717) is 30.0 Å². The number of benzene rings is 2. The van der Waals surface area contributed by atoms with Gasteiger partial charge in [0.25, 0.3) is 11.8 Å². The van der Waals surface area contributed by atoms with Gasteiger partial charge < -0.3 is 15.5 Å². The molecule has 2 bridgehead atoms. The van der Waals surface area contributed by atoms with Crippen LogP contribution < -0.4 is 5.73 Å². The molecular weight excluding hydrogens is 485 g/mol. The summed E-state index contributed by atoms with van der Waals surface area (Å²) in [6.45, 7) is 0.147. The molecule has 2 aromatic carbocycles. The van der Waals surface area contributed by atoms with Gasteiger partial charge in [-0.25, -0.2) is 18.0 Å². The number of halogens is 3. The number of hydrogen-bond donors (Lipinski definition) is 1. The van der Waals surface area contributed by atoms with Crippen molar-refractivity contribution >= 4 is 17.8 Å². The standard InChI is InChI=1S/C27H29F3N4O3/c1-32-14-25(35)33(27(32)37)13-15-3-2-4-16(7-15)26(36)34-19-5-6-20(34)9-18(8-19)24(31)11-17-10-22(29)23(30)12-21(17)28/h2-4,7,10,12,18-20,24H,5-6,8-9,11,13-14,31H2,1H3/t18-,19+,20-,24-/m1/s1. The second-order valence-corrected chi connectivity index (χ2v) is 10.4. The van der Waals surface area contributed by atoms with Gasteiger partial charge in [-0.1, -0.05) is 12.1 Å². The van der Waals surface area contributed by atoms with Crippen LogP contribution in [-0.2, 0) is 17.8 Å². The van der Waals surface area contributed by atoms with E-state index < -0.39 is 23.5 Å². The predicted molar refractivity (Wildman–Crippen MR) is 129 cm³/mol. The van der Waals surface area contributed by atoms with Gasteiger partial charge in [0.15, 0.2) is 11.6 Å². The Hall–Kier alpha value is -3.40. The maximum atomic E-state index is 14.1. The van der Waals surface area contributed by atoms with Crippen LogP contribution >= 0.6 is 0 Å². The number of imide groups is 1. The molecule has 0 spiro atoms. The number of likely N-dealkylation sites (N-methyl/N-ethyl adjacent to an activating group) is 1. The van der Waals surface area contributed by atoms with Crippen LogP contribution in [-0.4, -0.2) is 64.3 Å². The first-order valence-electron chi connectivity index (χ1n) is 12.5. The summed E-state index contributed by atoms with van der Waals surface area (Å²) in [7, 11) is 1.57. The van der Waals surface area contributed by atoms with Crippen LogP contribution in [0.25, 0.3) is 0 Å². The Morgan fingerprint density at radius 3 is 2.35 bits per heavy atom. The van der Waals surface area contributed by atoms with Crippen molar-refractivity contribution in [2.24, 2.45) is 11.7 Å². The first kappa shape index (κ1) is 25.3. The summed E-state index contributed by atoms with van der Waals surface area (Å²) < 4.78 is 41.0. The predicted octanol–water partition coefficient (Wildman–Crippen LogP) is 3.45. The molecular formula is C27H29F3N4O3. The molecule has 37 heavy (non-hydrogen) atoms. The van der Waals surface area contributed by atoms with Gasteiger partial charge in [0, 0.05) is 36.8 Å². The molecule has 4 amide bonds. The molecule has 4 atom stereocenters. The van der Waals surface area contributed by atoms with Crippen molar-refractivity contribution in [1.29, 1.82) is 0 Å². The molecule has 2 aromatic rings. The van der Waals surface area contributed by atoms with Gasteiger partial charge >= 0.3 is 6.03 Å². The maximum absolute atomic E-state index is 14.1. The van der Waals surface area contributed by atoms with Gasteiger partial charge in [-0.05, 0) is 67.3 Å². The van der Waals surface area contributed by atoms with E-state index in [1.807, 2.05) is 4.90 Å². The van der Waals surface area contributed by atoms with Crippen LogP contribution in [0.3, 0.4) is 0 Å². The highest BCUT2D eigenvalue weighted by Crippen LogP contribution is 2.41. The fraction of sp³-hybridized carbons (Fsp3) is 0.444. The third-order valence-corrected chi connectivity index (χ3v) is 7.90. The normalized spacial score (nSPS) is 24.2. The summed E-state index contributed by atoms with van der Waals surface area (Å²) in [4.78, 5) is 42.3. The zero-order valence-electron chi connectivity index (χ0n) is 20.5. The Morgan fingerprint density at radius 1 is 1.03 bits per heavy atom. The average molecular weight is 515 g/mol. The number of piperidine rings is 1. The number of nitrogens with two attached hydrogens (primary N) is 1. The molecule has 7 nitrogen and oxygen atoms in total. The number of fused-ring (bicyclic) bond motifs is 2. The summed E-state index contributed by atoms with van der Waals surface area (Å²) in [6.07, 6.45) is 3.06. The lowest BCUT2D eigenvalue weighted by atomic mass is 9.82. The first-order valence-corrected chi connectivity index (χ1v) is 12.5. The monoisotopic (exact) mass is 514 g/mol. The van der Waals surface area contributed by atoms with E-state index in [-0.39, 0.29) is 60.9 Å². The van der Waals surface area contributed by atoms with Crippen molar-refractivity contribution in [3.8, 4) is 0 Å². The highest BCUT2D eigenvalue weighted by molar-refractivity contribution is 6.01. The number of nitrogens with zero attached hydrogens (tertiary/aromatic N) is 3. The second kappa shape index (κ2) is 9.81. The van der Waals surface area contributed by atoms with Gasteiger partial charge in [0.05, 0.1) is 6.54 Å². The molecule has 196 valence electrons. The van der Waals surface area contributed by atoms with Crippen molar-refractivity contribution < 1.29 is 27.6 Å². The number of carbonyl (C=O) groups excluding carboxylic acids is 3. The summed E-state index contributed by atoms with van der Waals surface area (Å²) in [5.41, 5.74) is 7.64. The summed E-state index contributed by atoms with van der Waals surface area (Å²) in [6, 6.07) is 7.56. The van der Waals surface area contributed by atoms with Gasteiger partial charge in [0.2, 0.25) is 0 Å². The highest BCUT2D eigenvalue weighted by Gasteiger charge is 2.45. The quantitative estimate of drug-likeness (QED) is 0.473. The van der Waals surface area contributed by atoms with E-state index in [4.69, 9.17) is 5.73 Å². The van der Waals surface area contributed by atoms with Crippen LogP contribution in [0.1, 0.15) is 47.2 Å². The highest BCUT2D eigenvalue weighted by atomic mass is 19.2.